The van der Waals surface area contributed by atoms with Crippen molar-refractivity contribution in [2.24, 2.45) is 0 Å². The van der Waals surface area contributed by atoms with Crippen molar-refractivity contribution in [1.82, 2.24) is 9.80 Å². The SMILES string of the molecule is CCOC(=O)N1CCN(C(=O)CSc2ccc(C(C)(C)C)cc2)CC1. The molecule has 0 atom stereocenters. The fraction of sp³-hybridized carbons (Fsp3) is 0.579. The monoisotopic (exact) mass is 364 g/mol. The third-order valence-electron chi connectivity index (χ3n) is 4.24. The topological polar surface area (TPSA) is 49.9 Å². The molecule has 1 saturated heterocycles. The summed E-state index contributed by atoms with van der Waals surface area (Å²) in [5, 5.41) is 0. The van der Waals surface area contributed by atoms with E-state index in [1.165, 1.54) is 5.56 Å². The van der Waals surface area contributed by atoms with Crippen LogP contribution in [0.3, 0.4) is 0 Å². The summed E-state index contributed by atoms with van der Waals surface area (Å²) in [5.74, 6) is 0.544. The van der Waals surface area contributed by atoms with Crippen molar-refractivity contribution >= 4 is 23.8 Å². The zero-order valence-electron chi connectivity index (χ0n) is 15.6. The van der Waals surface area contributed by atoms with Gasteiger partial charge in [0.2, 0.25) is 5.91 Å². The molecule has 0 aromatic heterocycles. The maximum Gasteiger partial charge on any atom is 0.409 e. The largest absolute Gasteiger partial charge is 0.450 e. The first kappa shape index (κ1) is 19.6. The quantitative estimate of drug-likeness (QED) is 0.769. The maximum absolute atomic E-state index is 12.4. The summed E-state index contributed by atoms with van der Waals surface area (Å²) < 4.78 is 5.00. The minimum atomic E-state index is -0.289. The van der Waals surface area contributed by atoms with Crippen LogP contribution in [0.5, 0.6) is 0 Å². The molecule has 1 aromatic rings. The highest BCUT2D eigenvalue weighted by molar-refractivity contribution is 8.00. The molecule has 2 rings (SSSR count). The number of hydrogen-bond donors (Lipinski definition) is 0. The second kappa shape index (κ2) is 8.61. The van der Waals surface area contributed by atoms with E-state index in [1.54, 1.807) is 23.6 Å². The van der Waals surface area contributed by atoms with Crippen LogP contribution in [0.15, 0.2) is 29.2 Å². The van der Waals surface area contributed by atoms with Gasteiger partial charge >= 0.3 is 6.09 Å². The molecule has 1 aromatic carbocycles. The molecule has 0 spiro atoms. The fourth-order valence-corrected chi connectivity index (χ4v) is 3.44. The highest BCUT2D eigenvalue weighted by Gasteiger charge is 2.24. The van der Waals surface area contributed by atoms with Crippen LogP contribution in [0.25, 0.3) is 0 Å². The number of carbonyl (C=O) groups is 2. The molecule has 5 nitrogen and oxygen atoms in total. The van der Waals surface area contributed by atoms with Crippen molar-refractivity contribution in [3.63, 3.8) is 0 Å². The van der Waals surface area contributed by atoms with E-state index in [0.717, 1.165) is 4.90 Å². The number of carbonyl (C=O) groups excluding carboxylic acids is 2. The normalized spacial score (nSPS) is 15.2. The maximum atomic E-state index is 12.4. The first-order valence-electron chi connectivity index (χ1n) is 8.74. The van der Waals surface area contributed by atoms with Crippen LogP contribution in [0.2, 0.25) is 0 Å². The lowest BCUT2D eigenvalue weighted by molar-refractivity contribution is -0.129. The molecule has 0 bridgehead atoms. The Labute approximate surface area is 154 Å². The number of amides is 2. The van der Waals surface area contributed by atoms with Gasteiger partial charge in [0.05, 0.1) is 12.4 Å². The Morgan fingerprint density at radius 1 is 1.04 bits per heavy atom. The van der Waals surface area contributed by atoms with Crippen LogP contribution in [0, 0.1) is 0 Å². The summed E-state index contributed by atoms with van der Waals surface area (Å²) in [4.78, 5) is 28.6. The Bertz CT molecular complexity index is 588. The standard InChI is InChI=1S/C19H28N2O3S/c1-5-24-18(23)21-12-10-20(11-13-21)17(22)14-25-16-8-6-15(7-9-16)19(2,3)4/h6-9H,5,10-14H2,1-4H3. The smallest absolute Gasteiger partial charge is 0.409 e. The van der Waals surface area contributed by atoms with E-state index in [1.807, 2.05) is 4.90 Å². The highest BCUT2D eigenvalue weighted by atomic mass is 32.2. The summed E-state index contributed by atoms with van der Waals surface area (Å²) in [5.41, 5.74) is 1.43. The lowest BCUT2D eigenvalue weighted by Gasteiger charge is -2.34. The third kappa shape index (κ3) is 5.66. The molecule has 2 amide bonds. The van der Waals surface area contributed by atoms with E-state index in [4.69, 9.17) is 4.74 Å². The van der Waals surface area contributed by atoms with Gasteiger partial charge in [-0.25, -0.2) is 4.79 Å². The number of hydrogen-bond acceptors (Lipinski definition) is 4. The van der Waals surface area contributed by atoms with Crippen LogP contribution in [0.4, 0.5) is 4.79 Å². The summed E-state index contributed by atoms with van der Waals surface area (Å²) in [6.07, 6.45) is -0.289. The average Bonchev–Trinajstić information content (AvgIpc) is 2.59. The number of benzene rings is 1. The van der Waals surface area contributed by atoms with Gasteiger partial charge in [0.15, 0.2) is 0 Å². The van der Waals surface area contributed by atoms with Crippen molar-refractivity contribution < 1.29 is 14.3 Å². The Hall–Kier alpha value is -1.69. The van der Waals surface area contributed by atoms with Crippen LogP contribution < -0.4 is 0 Å². The molecule has 0 N–H and O–H groups in total. The van der Waals surface area contributed by atoms with E-state index < -0.39 is 0 Å². The zero-order valence-corrected chi connectivity index (χ0v) is 16.4. The van der Waals surface area contributed by atoms with Gasteiger partial charge in [0, 0.05) is 31.1 Å². The van der Waals surface area contributed by atoms with Gasteiger partial charge in [-0.3, -0.25) is 4.79 Å². The van der Waals surface area contributed by atoms with Gasteiger partial charge in [-0.1, -0.05) is 32.9 Å². The molecule has 6 heteroatoms. The Morgan fingerprint density at radius 2 is 1.60 bits per heavy atom. The predicted octanol–water partition coefficient (Wildman–Crippen LogP) is 3.38. The summed E-state index contributed by atoms with van der Waals surface area (Å²) in [6.45, 7) is 11.0. The molecule has 1 fully saturated rings. The van der Waals surface area contributed by atoms with Crippen LogP contribution in [-0.2, 0) is 14.9 Å². The third-order valence-corrected chi connectivity index (χ3v) is 5.24. The predicted molar refractivity (Wildman–Crippen MR) is 101 cm³/mol. The molecule has 0 aliphatic carbocycles. The Morgan fingerprint density at radius 3 is 2.12 bits per heavy atom. The van der Waals surface area contributed by atoms with Crippen LogP contribution in [0.1, 0.15) is 33.3 Å². The van der Waals surface area contributed by atoms with E-state index in [-0.39, 0.29) is 17.4 Å². The lowest BCUT2D eigenvalue weighted by Crippen LogP contribution is -2.51. The van der Waals surface area contributed by atoms with E-state index >= 15 is 0 Å². The minimum absolute atomic E-state index is 0.119. The van der Waals surface area contributed by atoms with E-state index in [9.17, 15) is 9.59 Å². The van der Waals surface area contributed by atoms with Gasteiger partial charge in [0.1, 0.15) is 0 Å². The van der Waals surface area contributed by atoms with Crippen molar-refractivity contribution in [2.45, 2.75) is 38.0 Å². The first-order valence-corrected chi connectivity index (χ1v) is 9.72. The molecule has 0 unspecified atom stereocenters. The molecular weight excluding hydrogens is 336 g/mol. The number of piperazine rings is 1. The summed E-state index contributed by atoms with van der Waals surface area (Å²) >= 11 is 1.56. The van der Waals surface area contributed by atoms with Crippen molar-refractivity contribution in [1.29, 1.82) is 0 Å². The van der Waals surface area contributed by atoms with Gasteiger partial charge in [-0.15, -0.1) is 11.8 Å². The molecule has 1 aliphatic rings. The molecule has 0 radical (unpaired) electrons. The Kier molecular flexibility index (Phi) is 6.76. The van der Waals surface area contributed by atoms with Crippen LogP contribution in [-0.4, -0.2) is 60.3 Å². The lowest BCUT2D eigenvalue weighted by atomic mass is 9.87. The number of ether oxygens (including phenoxy) is 1. The molecular formula is C19H28N2O3S. The summed E-state index contributed by atoms with van der Waals surface area (Å²) in [6, 6.07) is 8.42. The number of rotatable bonds is 4. The summed E-state index contributed by atoms with van der Waals surface area (Å²) in [7, 11) is 0. The molecule has 25 heavy (non-hydrogen) atoms. The van der Waals surface area contributed by atoms with Gasteiger partial charge in [-0.05, 0) is 30.0 Å². The molecule has 1 aliphatic heterocycles. The van der Waals surface area contributed by atoms with Gasteiger partial charge in [0.25, 0.3) is 0 Å². The second-order valence-corrected chi connectivity index (χ2v) is 8.18. The molecule has 0 saturated carbocycles. The molecule has 1 heterocycles. The Balaban J connectivity index is 1.78. The second-order valence-electron chi connectivity index (χ2n) is 7.13. The van der Waals surface area contributed by atoms with E-state index in [2.05, 4.69) is 45.0 Å². The van der Waals surface area contributed by atoms with Crippen molar-refractivity contribution in [3.8, 4) is 0 Å². The van der Waals surface area contributed by atoms with Crippen molar-refractivity contribution in [3.05, 3.63) is 29.8 Å². The number of nitrogens with zero attached hydrogens (tertiary/aromatic N) is 2. The average molecular weight is 365 g/mol. The first-order chi connectivity index (χ1) is 11.8. The number of thioether (sulfide) groups is 1. The minimum Gasteiger partial charge on any atom is -0.450 e. The van der Waals surface area contributed by atoms with Gasteiger partial charge in [-0.2, -0.15) is 0 Å². The molecule has 138 valence electrons. The highest BCUT2D eigenvalue weighted by Crippen LogP contribution is 2.25. The van der Waals surface area contributed by atoms with Crippen molar-refractivity contribution in [2.75, 3.05) is 38.5 Å². The zero-order chi connectivity index (χ0) is 18.4. The van der Waals surface area contributed by atoms with Gasteiger partial charge < -0.3 is 14.5 Å². The fourth-order valence-electron chi connectivity index (χ4n) is 2.64. The van der Waals surface area contributed by atoms with E-state index in [0.29, 0.717) is 38.5 Å². The van der Waals surface area contributed by atoms with Crippen LogP contribution >= 0.6 is 11.8 Å².